The summed E-state index contributed by atoms with van der Waals surface area (Å²) in [4.78, 5) is 0. The van der Waals surface area contributed by atoms with Gasteiger partial charge >= 0.3 is 0 Å². The summed E-state index contributed by atoms with van der Waals surface area (Å²) in [6.45, 7) is 2.72. The molecule has 0 saturated heterocycles. The van der Waals surface area contributed by atoms with Crippen molar-refractivity contribution < 1.29 is 4.74 Å². The van der Waals surface area contributed by atoms with Crippen molar-refractivity contribution in [2.75, 3.05) is 6.61 Å². The van der Waals surface area contributed by atoms with Gasteiger partial charge in [-0.15, -0.1) is 0 Å². The third-order valence-electron chi connectivity index (χ3n) is 4.45. The molecule has 4 rings (SSSR count). The zero-order valence-corrected chi connectivity index (χ0v) is 15.1. The molecule has 2 heteroatoms. The molecule has 1 aromatic heterocycles. The molecule has 0 aliphatic rings. The van der Waals surface area contributed by atoms with E-state index in [0.29, 0.717) is 6.61 Å². The molecule has 0 spiro atoms. The van der Waals surface area contributed by atoms with E-state index in [4.69, 9.17) is 4.74 Å². The van der Waals surface area contributed by atoms with Gasteiger partial charge in [-0.05, 0) is 51.4 Å². The highest BCUT2D eigenvalue weighted by atomic mass is 32.1. The maximum Gasteiger partial charge on any atom is 0.130 e. The Labute approximate surface area is 152 Å². The number of hydrogen-bond donors (Lipinski definition) is 0. The van der Waals surface area contributed by atoms with Crippen LogP contribution < -0.4 is 4.74 Å². The van der Waals surface area contributed by atoms with E-state index >= 15 is 0 Å². The summed E-state index contributed by atoms with van der Waals surface area (Å²) >= 11 is 1.73. The first-order chi connectivity index (χ1) is 12.3. The third kappa shape index (κ3) is 3.31. The maximum absolute atomic E-state index is 6.01. The van der Waals surface area contributed by atoms with E-state index in [9.17, 15) is 0 Å². The summed E-state index contributed by atoms with van der Waals surface area (Å²) in [7, 11) is 0. The first-order valence-electron chi connectivity index (χ1n) is 8.60. The Morgan fingerprint density at radius 3 is 2.44 bits per heavy atom. The highest BCUT2D eigenvalue weighted by Crippen LogP contribution is 2.32. The number of ether oxygens (including phenoxy) is 1. The Bertz CT molecular complexity index is 969. The van der Waals surface area contributed by atoms with Gasteiger partial charge in [-0.2, -0.15) is 11.3 Å². The Morgan fingerprint density at radius 2 is 1.68 bits per heavy atom. The van der Waals surface area contributed by atoms with E-state index in [1.54, 1.807) is 11.3 Å². The molecule has 0 atom stereocenters. The predicted molar refractivity (Wildman–Crippen MR) is 108 cm³/mol. The first kappa shape index (κ1) is 15.9. The second-order valence-electron chi connectivity index (χ2n) is 6.09. The van der Waals surface area contributed by atoms with Gasteiger partial charge in [0, 0.05) is 11.8 Å². The molecule has 3 aromatic carbocycles. The van der Waals surface area contributed by atoms with Crippen LogP contribution in [0.5, 0.6) is 5.75 Å². The van der Waals surface area contributed by atoms with Gasteiger partial charge in [0.15, 0.2) is 0 Å². The minimum absolute atomic E-state index is 0.679. The fourth-order valence-corrected chi connectivity index (χ4v) is 3.87. The molecule has 0 saturated carbocycles. The van der Waals surface area contributed by atoms with Gasteiger partial charge in [-0.25, -0.2) is 0 Å². The lowest BCUT2D eigenvalue weighted by Crippen LogP contribution is -1.99. The molecule has 0 unspecified atom stereocenters. The average Bonchev–Trinajstić information content (AvgIpc) is 3.19. The van der Waals surface area contributed by atoms with Crippen molar-refractivity contribution in [3.63, 3.8) is 0 Å². The lowest BCUT2D eigenvalue weighted by atomic mass is 9.98. The number of hydrogen-bond acceptors (Lipinski definition) is 2. The molecule has 0 aliphatic carbocycles. The lowest BCUT2D eigenvalue weighted by Gasteiger charge is -2.14. The Hall–Kier alpha value is -2.58. The average molecular weight is 344 g/mol. The van der Waals surface area contributed by atoms with Crippen molar-refractivity contribution in [3.8, 4) is 16.9 Å². The van der Waals surface area contributed by atoms with Crippen molar-refractivity contribution in [2.24, 2.45) is 0 Å². The molecule has 1 heterocycles. The number of fused-ring (bicyclic) bond motifs is 1. The molecule has 124 valence electrons. The summed E-state index contributed by atoms with van der Waals surface area (Å²) in [5.74, 6) is 1.02. The highest BCUT2D eigenvalue weighted by molar-refractivity contribution is 7.08. The standard InChI is InChI=1S/C23H20OS/c1-2-24-23-20(12-11-19-5-3-4-6-22(19)23)15-17-7-9-18(10-8-17)21-13-14-25-16-21/h3-14,16H,2,15H2,1H3. The van der Waals surface area contributed by atoms with Gasteiger partial charge in [0.05, 0.1) is 6.61 Å². The fourth-order valence-electron chi connectivity index (χ4n) is 3.21. The molecular formula is C23H20OS. The molecule has 25 heavy (non-hydrogen) atoms. The molecule has 4 aromatic rings. The van der Waals surface area contributed by atoms with Crippen LogP contribution >= 0.6 is 11.3 Å². The van der Waals surface area contributed by atoms with Crippen LogP contribution in [0.1, 0.15) is 18.1 Å². The quantitative estimate of drug-likeness (QED) is 0.398. The fraction of sp³-hybridized carbons (Fsp3) is 0.130. The molecule has 0 amide bonds. The zero-order valence-electron chi connectivity index (χ0n) is 14.2. The summed E-state index contributed by atoms with van der Waals surface area (Å²) < 4.78 is 6.01. The van der Waals surface area contributed by atoms with Crippen LogP contribution in [0.25, 0.3) is 21.9 Å². The Kier molecular flexibility index (Phi) is 4.53. The molecule has 0 bridgehead atoms. The molecular weight excluding hydrogens is 324 g/mol. The summed E-state index contributed by atoms with van der Waals surface area (Å²) in [6.07, 6.45) is 0.879. The summed E-state index contributed by atoms with van der Waals surface area (Å²) in [6, 6.07) is 23.8. The maximum atomic E-state index is 6.01. The Balaban J connectivity index is 1.67. The van der Waals surface area contributed by atoms with Crippen molar-refractivity contribution in [3.05, 3.63) is 88.6 Å². The van der Waals surface area contributed by atoms with Crippen molar-refractivity contribution in [2.45, 2.75) is 13.3 Å². The summed E-state index contributed by atoms with van der Waals surface area (Å²) in [5, 5.41) is 6.72. The normalized spacial score (nSPS) is 10.9. The topological polar surface area (TPSA) is 9.23 Å². The number of rotatable bonds is 5. The predicted octanol–water partition coefficient (Wildman–Crippen LogP) is 6.56. The van der Waals surface area contributed by atoms with Crippen LogP contribution in [0.2, 0.25) is 0 Å². The van der Waals surface area contributed by atoms with Crippen LogP contribution in [0.15, 0.2) is 77.5 Å². The van der Waals surface area contributed by atoms with Gasteiger partial charge in [-0.3, -0.25) is 0 Å². The van der Waals surface area contributed by atoms with Gasteiger partial charge in [0.25, 0.3) is 0 Å². The molecule has 0 N–H and O–H groups in total. The largest absolute Gasteiger partial charge is 0.493 e. The lowest BCUT2D eigenvalue weighted by molar-refractivity contribution is 0.341. The smallest absolute Gasteiger partial charge is 0.130 e. The Morgan fingerprint density at radius 1 is 0.840 bits per heavy atom. The molecule has 0 aliphatic heterocycles. The van der Waals surface area contributed by atoms with Crippen molar-refractivity contribution >= 4 is 22.1 Å². The van der Waals surface area contributed by atoms with Gasteiger partial charge in [0.1, 0.15) is 5.75 Å². The van der Waals surface area contributed by atoms with Gasteiger partial charge in [-0.1, -0.05) is 60.7 Å². The van der Waals surface area contributed by atoms with E-state index < -0.39 is 0 Å². The van der Waals surface area contributed by atoms with Crippen LogP contribution in [-0.2, 0) is 6.42 Å². The van der Waals surface area contributed by atoms with Crippen LogP contribution in [-0.4, -0.2) is 6.61 Å². The zero-order chi connectivity index (χ0) is 17.1. The monoisotopic (exact) mass is 344 g/mol. The summed E-state index contributed by atoms with van der Waals surface area (Å²) in [5.41, 5.74) is 5.10. The SMILES string of the molecule is CCOc1c(Cc2ccc(-c3ccsc3)cc2)ccc2ccccc12. The van der Waals surface area contributed by atoms with E-state index in [1.165, 1.54) is 33.0 Å². The molecule has 1 nitrogen and oxygen atoms in total. The minimum atomic E-state index is 0.679. The van der Waals surface area contributed by atoms with Gasteiger partial charge in [0.2, 0.25) is 0 Å². The third-order valence-corrected chi connectivity index (χ3v) is 5.14. The van der Waals surface area contributed by atoms with E-state index in [-0.39, 0.29) is 0 Å². The number of thiophene rings is 1. The molecule has 0 fully saturated rings. The van der Waals surface area contributed by atoms with Crippen LogP contribution in [0.3, 0.4) is 0 Å². The van der Waals surface area contributed by atoms with E-state index in [2.05, 4.69) is 77.5 Å². The van der Waals surface area contributed by atoms with Gasteiger partial charge < -0.3 is 4.74 Å². The highest BCUT2D eigenvalue weighted by Gasteiger charge is 2.09. The van der Waals surface area contributed by atoms with Crippen LogP contribution in [0.4, 0.5) is 0 Å². The van der Waals surface area contributed by atoms with Crippen molar-refractivity contribution in [1.82, 2.24) is 0 Å². The molecule has 0 radical (unpaired) electrons. The van der Waals surface area contributed by atoms with E-state index in [0.717, 1.165) is 12.2 Å². The van der Waals surface area contributed by atoms with E-state index in [1.807, 2.05) is 6.92 Å². The second-order valence-corrected chi connectivity index (χ2v) is 6.87. The minimum Gasteiger partial charge on any atom is -0.493 e. The van der Waals surface area contributed by atoms with Crippen LogP contribution in [0, 0.1) is 0 Å². The first-order valence-corrected chi connectivity index (χ1v) is 9.54. The van der Waals surface area contributed by atoms with Crippen molar-refractivity contribution in [1.29, 1.82) is 0 Å². The second kappa shape index (κ2) is 7.12. The number of benzene rings is 3.